The van der Waals surface area contributed by atoms with Crippen LogP contribution in [0.1, 0.15) is 38.0 Å². The predicted octanol–water partition coefficient (Wildman–Crippen LogP) is 2.16. The molecule has 1 heterocycles. The van der Waals surface area contributed by atoms with E-state index in [9.17, 15) is 4.21 Å². The molecule has 1 atom stereocenters. The van der Waals surface area contributed by atoms with Crippen molar-refractivity contribution in [3.8, 4) is 0 Å². The molecule has 0 fully saturated rings. The SMILES string of the molecule is Cc1cc(CS(=O)CCOC(C)(C)C)nc(C)n1. The Morgan fingerprint density at radius 3 is 2.50 bits per heavy atom. The topological polar surface area (TPSA) is 52.1 Å². The average Bonchev–Trinajstić information content (AvgIpc) is 2.12. The van der Waals surface area contributed by atoms with Crippen LogP contribution in [0.5, 0.6) is 0 Å². The van der Waals surface area contributed by atoms with Crippen LogP contribution in [-0.2, 0) is 21.3 Å². The van der Waals surface area contributed by atoms with Gasteiger partial charge in [-0.25, -0.2) is 9.97 Å². The van der Waals surface area contributed by atoms with Gasteiger partial charge in [0.1, 0.15) is 5.82 Å². The van der Waals surface area contributed by atoms with Gasteiger partial charge in [-0.1, -0.05) is 0 Å². The lowest BCUT2D eigenvalue weighted by molar-refractivity contribution is 0.00668. The summed E-state index contributed by atoms with van der Waals surface area (Å²) in [4.78, 5) is 8.49. The van der Waals surface area contributed by atoms with E-state index >= 15 is 0 Å². The van der Waals surface area contributed by atoms with Gasteiger partial charge in [0.2, 0.25) is 0 Å². The molecular weight excluding hydrogens is 248 g/mol. The van der Waals surface area contributed by atoms with Crippen LogP contribution in [0.25, 0.3) is 0 Å². The minimum Gasteiger partial charge on any atom is -0.375 e. The Kier molecular flexibility index (Phi) is 5.41. The van der Waals surface area contributed by atoms with Crippen LogP contribution >= 0.6 is 0 Å². The number of nitrogens with zero attached hydrogens (tertiary/aromatic N) is 2. The molecule has 18 heavy (non-hydrogen) atoms. The molecule has 1 aromatic rings. The van der Waals surface area contributed by atoms with Crippen molar-refractivity contribution in [1.82, 2.24) is 9.97 Å². The summed E-state index contributed by atoms with van der Waals surface area (Å²) >= 11 is 0. The number of aryl methyl sites for hydroxylation is 2. The fourth-order valence-corrected chi connectivity index (χ4v) is 2.44. The Morgan fingerprint density at radius 2 is 1.94 bits per heavy atom. The first-order chi connectivity index (χ1) is 8.26. The molecule has 102 valence electrons. The molecule has 0 aliphatic carbocycles. The Labute approximate surface area is 112 Å². The molecule has 1 rings (SSSR count). The molecule has 0 N–H and O–H groups in total. The fraction of sp³-hybridized carbons (Fsp3) is 0.692. The van der Waals surface area contributed by atoms with E-state index in [0.29, 0.717) is 18.1 Å². The molecule has 1 unspecified atom stereocenters. The molecule has 0 bridgehead atoms. The lowest BCUT2D eigenvalue weighted by atomic mass is 10.2. The van der Waals surface area contributed by atoms with Gasteiger partial charge in [-0.05, 0) is 40.7 Å². The smallest absolute Gasteiger partial charge is 0.125 e. The van der Waals surface area contributed by atoms with E-state index in [-0.39, 0.29) is 5.60 Å². The number of rotatable bonds is 5. The van der Waals surface area contributed by atoms with Crippen molar-refractivity contribution >= 4 is 10.8 Å². The highest BCUT2D eigenvalue weighted by Crippen LogP contribution is 2.07. The standard InChI is InChI=1S/C13H22N2O2S/c1-10-8-12(15-11(2)14-10)9-18(16)7-6-17-13(3,4)5/h8H,6-7,9H2,1-5H3. The van der Waals surface area contributed by atoms with E-state index in [4.69, 9.17) is 4.74 Å². The van der Waals surface area contributed by atoms with E-state index in [1.807, 2.05) is 40.7 Å². The van der Waals surface area contributed by atoms with Crippen LogP contribution in [0.3, 0.4) is 0 Å². The number of hydrogen-bond acceptors (Lipinski definition) is 4. The largest absolute Gasteiger partial charge is 0.375 e. The third-order valence-electron chi connectivity index (χ3n) is 2.17. The fourth-order valence-electron chi connectivity index (χ4n) is 1.55. The van der Waals surface area contributed by atoms with E-state index in [1.54, 1.807) is 0 Å². The van der Waals surface area contributed by atoms with Gasteiger partial charge < -0.3 is 4.74 Å². The molecule has 0 aromatic carbocycles. The molecule has 1 aromatic heterocycles. The molecule has 0 saturated heterocycles. The van der Waals surface area contributed by atoms with Crippen molar-refractivity contribution in [3.05, 3.63) is 23.3 Å². The molecule has 0 radical (unpaired) electrons. The van der Waals surface area contributed by atoms with Gasteiger partial charge in [-0.3, -0.25) is 4.21 Å². The van der Waals surface area contributed by atoms with Gasteiger partial charge in [0.15, 0.2) is 0 Å². The summed E-state index contributed by atoms with van der Waals surface area (Å²) in [6.45, 7) is 10.3. The van der Waals surface area contributed by atoms with Crippen molar-refractivity contribution in [2.45, 2.75) is 46.0 Å². The summed E-state index contributed by atoms with van der Waals surface area (Å²) in [7, 11) is -0.938. The zero-order valence-electron chi connectivity index (χ0n) is 11.8. The Bertz CT molecular complexity index is 407. The van der Waals surface area contributed by atoms with Crippen LogP contribution in [0.15, 0.2) is 6.07 Å². The molecule has 0 saturated carbocycles. The van der Waals surface area contributed by atoms with E-state index in [1.165, 1.54) is 0 Å². The van der Waals surface area contributed by atoms with Gasteiger partial charge in [-0.2, -0.15) is 0 Å². The first-order valence-corrected chi connectivity index (χ1v) is 7.55. The highest BCUT2D eigenvalue weighted by Gasteiger charge is 2.11. The zero-order chi connectivity index (χ0) is 13.8. The number of ether oxygens (including phenoxy) is 1. The summed E-state index contributed by atoms with van der Waals surface area (Å²) in [5.74, 6) is 1.74. The van der Waals surface area contributed by atoms with Gasteiger partial charge in [0, 0.05) is 22.2 Å². The van der Waals surface area contributed by atoms with Gasteiger partial charge in [-0.15, -0.1) is 0 Å². The lowest BCUT2D eigenvalue weighted by Gasteiger charge is -2.19. The maximum Gasteiger partial charge on any atom is 0.125 e. The third-order valence-corrected chi connectivity index (χ3v) is 3.41. The molecule has 0 amide bonds. The van der Waals surface area contributed by atoms with Gasteiger partial charge in [0.05, 0.1) is 23.7 Å². The van der Waals surface area contributed by atoms with Crippen LogP contribution in [0.2, 0.25) is 0 Å². The maximum atomic E-state index is 11.9. The van der Waals surface area contributed by atoms with Crippen LogP contribution in [0.4, 0.5) is 0 Å². The van der Waals surface area contributed by atoms with E-state index < -0.39 is 10.8 Å². The van der Waals surface area contributed by atoms with Crippen molar-refractivity contribution in [1.29, 1.82) is 0 Å². The first kappa shape index (κ1) is 15.2. The molecule has 5 heteroatoms. The minimum atomic E-state index is -0.938. The molecule has 0 aliphatic heterocycles. The van der Waals surface area contributed by atoms with Gasteiger partial charge >= 0.3 is 0 Å². The van der Waals surface area contributed by atoms with Crippen LogP contribution in [0, 0.1) is 13.8 Å². The normalized spacial score (nSPS) is 13.6. The molecular formula is C13H22N2O2S. The zero-order valence-corrected chi connectivity index (χ0v) is 12.6. The van der Waals surface area contributed by atoms with Crippen molar-refractivity contribution in [2.24, 2.45) is 0 Å². The second-order valence-electron chi connectivity index (χ2n) is 5.30. The molecule has 4 nitrogen and oxygen atoms in total. The van der Waals surface area contributed by atoms with Gasteiger partial charge in [0.25, 0.3) is 0 Å². The van der Waals surface area contributed by atoms with Crippen LogP contribution in [-0.4, -0.2) is 32.1 Å². The van der Waals surface area contributed by atoms with Crippen molar-refractivity contribution < 1.29 is 8.95 Å². The Balaban J connectivity index is 2.45. The molecule has 0 aliphatic rings. The highest BCUT2D eigenvalue weighted by molar-refractivity contribution is 7.84. The highest BCUT2D eigenvalue weighted by atomic mass is 32.2. The lowest BCUT2D eigenvalue weighted by Crippen LogP contribution is -2.22. The number of hydrogen-bond donors (Lipinski definition) is 0. The predicted molar refractivity (Wildman–Crippen MR) is 73.9 cm³/mol. The quantitative estimate of drug-likeness (QED) is 0.822. The molecule has 0 spiro atoms. The maximum absolute atomic E-state index is 11.9. The van der Waals surface area contributed by atoms with E-state index in [0.717, 1.165) is 17.2 Å². The first-order valence-electron chi connectivity index (χ1n) is 6.06. The summed E-state index contributed by atoms with van der Waals surface area (Å²) in [5.41, 5.74) is 1.58. The van der Waals surface area contributed by atoms with Crippen molar-refractivity contribution in [3.63, 3.8) is 0 Å². The third kappa shape index (κ3) is 6.21. The van der Waals surface area contributed by atoms with E-state index in [2.05, 4.69) is 9.97 Å². The summed E-state index contributed by atoms with van der Waals surface area (Å²) in [6, 6.07) is 1.88. The average molecular weight is 270 g/mol. The Hall–Kier alpha value is -0.810. The number of aromatic nitrogens is 2. The second-order valence-corrected chi connectivity index (χ2v) is 6.87. The summed E-state index contributed by atoms with van der Waals surface area (Å²) in [6.07, 6.45) is 0. The summed E-state index contributed by atoms with van der Waals surface area (Å²) in [5, 5.41) is 0. The monoisotopic (exact) mass is 270 g/mol. The Morgan fingerprint density at radius 1 is 1.28 bits per heavy atom. The van der Waals surface area contributed by atoms with Crippen LogP contribution < -0.4 is 0 Å². The van der Waals surface area contributed by atoms with Crippen molar-refractivity contribution in [2.75, 3.05) is 12.4 Å². The second kappa shape index (κ2) is 6.38. The minimum absolute atomic E-state index is 0.174. The summed E-state index contributed by atoms with van der Waals surface area (Å²) < 4.78 is 17.5.